The number of sulfonamides is 1. The molecule has 2 aromatic carbocycles. The number of ether oxygens (including phenoxy) is 1. The molecule has 0 aromatic heterocycles. The molecule has 2 aromatic rings. The van der Waals surface area contributed by atoms with Crippen LogP contribution in [0, 0.1) is 5.82 Å². The molecule has 0 heterocycles. The average Bonchev–Trinajstić information content (AvgIpc) is 2.54. The van der Waals surface area contributed by atoms with Crippen molar-refractivity contribution in [2.24, 2.45) is 0 Å². The lowest BCUT2D eigenvalue weighted by Crippen LogP contribution is -2.30. The molecule has 9 heteroatoms. The molecule has 142 valence electrons. The lowest BCUT2D eigenvalue weighted by molar-refractivity contribution is -0.137. The molecule has 0 amide bonds. The first kappa shape index (κ1) is 20.3. The average molecular weight is 391 g/mol. The third-order valence-corrected chi connectivity index (χ3v) is 4.95. The van der Waals surface area contributed by atoms with Gasteiger partial charge in [-0.2, -0.15) is 13.2 Å². The summed E-state index contributed by atoms with van der Waals surface area (Å²) in [6.45, 7) is -0.136. The van der Waals surface area contributed by atoms with Crippen molar-refractivity contribution in [2.75, 3.05) is 13.7 Å². The van der Waals surface area contributed by atoms with Gasteiger partial charge in [0.2, 0.25) is 10.0 Å². The number of halogens is 4. The van der Waals surface area contributed by atoms with Crippen molar-refractivity contribution < 1.29 is 30.7 Å². The number of hydrogen-bond acceptors (Lipinski definition) is 3. The summed E-state index contributed by atoms with van der Waals surface area (Å²) in [7, 11) is -2.45. The Hall–Kier alpha value is -1.97. The first-order valence-corrected chi connectivity index (χ1v) is 9.18. The van der Waals surface area contributed by atoms with Crippen molar-refractivity contribution >= 4 is 10.0 Å². The molecule has 0 aliphatic rings. The summed E-state index contributed by atoms with van der Waals surface area (Å²) in [4.78, 5) is 0. The van der Waals surface area contributed by atoms with Gasteiger partial charge in [-0.05, 0) is 35.4 Å². The summed E-state index contributed by atoms with van der Waals surface area (Å²) in [5.74, 6) is -0.956. The third-order valence-electron chi connectivity index (χ3n) is 3.63. The quantitative estimate of drug-likeness (QED) is 0.733. The van der Waals surface area contributed by atoms with E-state index in [1.807, 2.05) is 0 Å². The van der Waals surface area contributed by atoms with E-state index >= 15 is 0 Å². The van der Waals surface area contributed by atoms with Crippen molar-refractivity contribution in [1.82, 2.24) is 4.72 Å². The number of rotatable bonds is 7. The standard InChI is InChI=1S/C17H17F4NO3S/c1-25-16(13-3-2-4-15(18)9-13)10-22-26(23,24)11-12-5-7-14(8-6-12)17(19,20)21/h2-9,16,22H,10-11H2,1H3. The zero-order valence-corrected chi connectivity index (χ0v) is 14.6. The number of hydrogen-bond donors (Lipinski definition) is 1. The van der Waals surface area contributed by atoms with Crippen molar-refractivity contribution in [3.05, 3.63) is 71.0 Å². The van der Waals surface area contributed by atoms with Crippen LogP contribution in [0.3, 0.4) is 0 Å². The lowest BCUT2D eigenvalue weighted by atomic mass is 10.1. The number of alkyl halides is 3. The van der Waals surface area contributed by atoms with Crippen LogP contribution >= 0.6 is 0 Å². The van der Waals surface area contributed by atoms with Crippen molar-refractivity contribution in [2.45, 2.75) is 18.0 Å². The third kappa shape index (κ3) is 5.79. The SMILES string of the molecule is COC(CNS(=O)(=O)Cc1ccc(C(F)(F)F)cc1)c1cccc(F)c1. The van der Waals surface area contributed by atoms with Crippen LogP contribution in [0.2, 0.25) is 0 Å². The highest BCUT2D eigenvalue weighted by atomic mass is 32.2. The Balaban J connectivity index is 2.01. The fourth-order valence-corrected chi connectivity index (χ4v) is 3.45. The number of methoxy groups -OCH3 is 1. The normalized spacial score (nSPS) is 13.6. The minimum absolute atomic E-state index is 0.136. The molecule has 0 radical (unpaired) electrons. The summed E-state index contributed by atoms with van der Waals surface area (Å²) in [6.07, 6.45) is -5.18. The molecule has 0 bridgehead atoms. The van der Waals surface area contributed by atoms with Gasteiger partial charge in [-0.15, -0.1) is 0 Å². The van der Waals surface area contributed by atoms with E-state index in [0.29, 0.717) is 5.56 Å². The Bertz CT molecular complexity index is 836. The summed E-state index contributed by atoms with van der Waals surface area (Å²) >= 11 is 0. The van der Waals surface area contributed by atoms with E-state index in [4.69, 9.17) is 4.74 Å². The summed E-state index contributed by atoms with van der Waals surface area (Å²) in [5.41, 5.74) is -0.174. The van der Waals surface area contributed by atoms with E-state index in [2.05, 4.69) is 4.72 Å². The van der Waals surface area contributed by atoms with E-state index < -0.39 is 39.4 Å². The minimum Gasteiger partial charge on any atom is -0.375 e. The Morgan fingerprint density at radius 2 is 1.77 bits per heavy atom. The van der Waals surface area contributed by atoms with Crippen LogP contribution in [0.25, 0.3) is 0 Å². The second kappa shape index (κ2) is 8.15. The van der Waals surface area contributed by atoms with Crippen molar-refractivity contribution in [3.8, 4) is 0 Å². The topological polar surface area (TPSA) is 55.4 Å². The Labute approximate surface area is 148 Å². The van der Waals surface area contributed by atoms with Gasteiger partial charge in [-0.25, -0.2) is 17.5 Å². The largest absolute Gasteiger partial charge is 0.416 e. The molecular weight excluding hydrogens is 374 g/mol. The smallest absolute Gasteiger partial charge is 0.375 e. The first-order chi connectivity index (χ1) is 12.1. The molecule has 1 N–H and O–H groups in total. The predicted octanol–water partition coefficient (Wildman–Crippen LogP) is 3.65. The number of benzene rings is 2. The van der Waals surface area contributed by atoms with Gasteiger partial charge in [-0.1, -0.05) is 24.3 Å². The highest BCUT2D eigenvalue weighted by molar-refractivity contribution is 7.88. The molecule has 0 saturated heterocycles. The van der Waals surface area contributed by atoms with E-state index in [-0.39, 0.29) is 12.1 Å². The van der Waals surface area contributed by atoms with Crippen molar-refractivity contribution in [1.29, 1.82) is 0 Å². The highest BCUT2D eigenvalue weighted by Gasteiger charge is 2.30. The Morgan fingerprint density at radius 1 is 1.12 bits per heavy atom. The summed E-state index contributed by atoms with van der Waals surface area (Å²) < 4.78 is 82.6. The lowest BCUT2D eigenvalue weighted by Gasteiger charge is -2.17. The molecule has 1 unspecified atom stereocenters. The second-order valence-corrected chi connectivity index (χ2v) is 7.39. The van der Waals surface area contributed by atoms with Crippen LogP contribution in [0.5, 0.6) is 0 Å². The summed E-state index contributed by atoms with van der Waals surface area (Å²) in [6, 6.07) is 9.45. The summed E-state index contributed by atoms with van der Waals surface area (Å²) in [5, 5.41) is 0. The molecule has 0 fully saturated rings. The van der Waals surface area contributed by atoms with Gasteiger partial charge < -0.3 is 4.74 Å². The maximum atomic E-state index is 13.3. The molecule has 4 nitrogen and oxygen atoms in total. The number of nitrogens with one attached hydrogen (secondary N) is 1. The van der Waals surface area contributed by atoms with Crippen LogP contribution in [0.1, 0.15) is 22.8 Å². The molecule has 2 rings (SSSR count). The van der Waals surface area contributed by atoms with Gasteiger partial charge in [0, 0.05) is 13.7 Å². The van der Waals surface area contributed by atoms with Crippen LogP contribution in [-0.2, 0) is 26.7 Å². The fourth-order valence-electron chi connectivity index (χ4n) is 2.31. The highest BCUT2D eigenvalue weighted by Crippen LogP contribution is 2.29. The van der Waals surface area contributed by atoms with Gasteiger partial charge in [0.05, 0.1) is 17.4 Å². The van der Waals surface area contributed by atoms with Crippen LogP contribution in [0.15, 0.2) is 48.5 Å². The van der Waals surface area contributed by atoms with Gasteiger partial charge >= 0.3 is 6.18 Å². The molecule has 0 aliphatic carbocycles. The van der Waals surface area contributed by atoms with E-state index in [1.165, 1.54) is 25.3 Å². The molecular formula is C17H17F4NO3S. The Kier molecular flexibility index (Phi) is 6.38. The van der Waals surface area contributed by atoms with Crippen molar-refractivity contribution in [3.63, 3.8) is 0 Å². The molecule has 0 saturated carbocycles. The molecule has 0 aliphatic heterocycles. The van der Waals surface area contributed by atoms with Crippen LogP contribution < -0.4 is 4.72 Å². The van der Waals surface area contributed by atoms with Crippen LogP contribution in [-0.4, -0.2) is 22.1 Å². The second-order valence-electron chi connectivity index (χ2n) is 5.58. The van der Waals surface area contributed by atoms with E-state index in [0.717, 1.165) is 24.3 Å². The van der Waals surface area contributed by atoms with Gasteiger partial charge in [-0.3, -0.25) is 0 Å². The van der Waals surface area contributed by atoms with Crippen LogP contribution in [0.4, 0.5) is 17.6 Å². The minimum atomic E-state index is -4.48. The predicted molar refractivity (Wildman–Crippen MR) is 88.2 cm³/mol. The van der Waals surface area contributed by atoms with Gasteiger partial charge in [0.25, 0.3) is 0 Å². The van der Waals surface area contributed by atoms with E-state index in [1.54, 1.807) is 6.07 Å². The van der Waals surface area contributed by atoms with Gasteiger partial charge in [0.15, 0.2) is 0 Å². The maximum absolute atomic E-state index is 13.3. The Morgan fingerprint density at radius 3 is 2.31 bits per heavy atom. The molecule has 1 atom stereocenters. The maximum Gasteiger partial charge on any atom is 0.416 e. The fraction of sp³-hybridized carbons (Fsp3) is 0.294. The zero-order chi connectivity index (χ0) is 19.4. The zero-order valence-electron chi connectivity index (χ0n) is 13.8. The van der Waals surface area contributed by atoms with Gasteiger partial charge in [0.1, 0.15) is 5.82 Å². The molecule has 0 spiro atoms. The van der Waals surface area contributed by atoms with E-state index in [9.17, 15) is 26.0 Å². The molecule has 26 heavy (non-hydrogen) atoms. The first-order valence-electron chi connectivity index (χ1n) is 7.52. The monoisotopic (exact) mass is 391 g/mol.